The van der Waals surface area contributed by atoms with Gasteiger partial charge in [-0.05, 0) is 39.3 Å². The Morgan fingerprint density at radius 3 is 1.79 bits per heavy atom. The van der Waals surface area contributed by atoms with E-state index in [0.29, 0.717) is 0 Å². The van der Waals surface area contributed by atoms with Crippen LogP contribution in [-0.4, -0.2) is 9.85 Å². The normalized spacial score (nSPS) is 33.2. The van der Waals surface area contributed by atoms with Gasteiger partial charge in [0.1, 0.15) is 0 Å². The van der Waals surface area contributed by atoms with Gasteiger partial charge in [0.2, 0.25) is 9.34 Å². The SMILES string of the molecule is F[C@@H]1[C@](F)(I)[C@@]1(F)c1ccc(-c2ccccc2)cc1. The average molecular weight is 374 g/mol. The molecule has 1 aliphatic carbocycles. The van der Waals surface area contributed by atoms with Crippen LogP contribution in [0.2, 0.25) is 0 Å². The lowest BCUT2D eigenvalue weighted by molar-refractivity contribution is 0.228. The zero-order chi connectivity index (χ0) is 13.7. The largest absolute Gasteiger partial charge is 0.239 e. The second kappa shape index (κ2) is 4.23. The van der Waals surface area contributed by atoms with E-state index >= 15 is 0 Å². The molecular formula is C15H10F3I. The van der Waals surface area contributed by atoms with Crippen molar-refractivity contribution in [3.63, 3.8) is 0 Å². The summed E-state index contributed by atoms with van der Waals surface area (Å²) in [5, 5.41) is 0. The molecule has 4 heteroatoms. The van der Waals surface area contributed by atoms with Gasteiger partial charge in [0.15, 0.2) is 6.17 Å². The molecule has 0 bridgehead atoms. The van der Waals surface area contributed by atoms with Gasteiger partial charge >= 0.3 is 0 Å². The highest BCUT2D eigenvalue weighted by atomic mass is 127. The molecule has 1 aliphatic rings. The van der Waals surface area contributed by atoms with Crippen LogP contribution in [0.4, 0.5) is 13.2 Å². The number of hydrogen-bond donors (Lipinski definition) is 0. The molecule has 0 nitrogen and oxygen atoms in total. The van der Waals surface area contributed by atoms with E-state index in [1.165, 1.54) is 34.7 Å². The molecule has 0 unspecified atom stereocenters. The predicted octanol–water partition coefficient (Wildman–Crippen LogP) is 4.97. The molecule has 0 heterocycles. The van der Waals surface area contributed by atoms with Gasteiger partial charge < -0.3 is 0 Å². The van der Waals surface area contributed by atoms with Gasteiger partial charge in [0.25, 0.3) is 0 Å². The second-order valence-corrected chi connectivity index (χ2v) is 6.21. The molecular weight excluding hydrogens is 364 g/mol. The number of hydrogen-bond acceptors (Lipinski definition) is 0. The quantitative estimate of drug-likeness (QED) is 0.514. The summed E-state index contributed by atoms with van der Waals surface area (Å²) in [6.45, 7) is 0. The van der Waals surface area contributed by atoms with Crippen LogP contribution in [0.25, 0.3) is 11.1 Å². The minimum Gasteiger partial charge on any atom is -0.239 e. The van der Waals surface area contributed by atoms with Gasteiger partial charge in [0.05, 0.1) is 0 Å². The lowest BCUT2D eigenvalue weighted by Gasteiger charge is -2.08. The van der Waals surface area contributed by atoms with Crippen LogP contribution in [0.5, 0.6) is 0 Å². The Labute approximate surface area is 122 Å². The maximum atomic E-state index is 14.2. The molecule has 1 saturated carbocycles. The molecule has 19 heavy (non-hydrogen) atoms. The highest BCUT2D eigenvalue weighted by molar-refractivity contribution is 14.1. The van der Waals surface area contributed by atoms with Crippen molar-refractivity contribution in [2.24, 2.45) is 0 Å². The monoisotopic (exact) mass is 374 g/mol. The number of rotatable bonds is 2. The number of alkyl halides is 4. The van der Waals surface area contributed by atoms with Gasteiger partial charge in [0, 0.05) is 0 Å². The van der Waals surface area contributed by atoms with Crippen molar-refractivity contribution in [3.05, 3.63) is 60.2 Å². The molecule has 2 aromatic carbocycles. The summed E-state index contributed by atoms with van der Waals surface area (Å²) in [6.07, 6.45) is -2.09. The summed E-state index contributed by atoms with van der Waals surface area (Å²) in [5.41, 5.74) is -0.586. The Balaban J connectivity index is 1.93. The molecule has 1 fully saturated rings. The Kier molecular flexibility index (Phi) is 2.89. The van der Waals surface area contributed by atoms with E-state index in [0.717, 1.165) is 11.1 Å². The molecule has 0 aromatic heterocycles. The summed E-state index contributed by atoms with van der Waals surface area (Å²) in [5.74, 6) is 0. The van der Waals surface area contributed by atoms with Crippen LogP contribution in [-0.2, 0) is 5.67 Å². The van der Waals surface area contributed by atoms with Crippen LogP contribution >= 0.6 is 22.6 Å². The van der Waals surface area contributed by atoms with Crippen molar-refractivity contribution in [3.8, 4) is 11.1 Å². The lowest BCUT2D eigenvalue weighted by atomic mass is 10.0. The molecule has 0 aliphatic heterocycles. The van der Waals surface area contributed by atoms with Gasteiger partial charge in [-0.25, -0.2) is 13.2 Å². The maximum absolute atomic E-state index is 14.2. The van der Waals surface area contributed by atoms with E-state index in [-0.39, 0.29) is 5.56 Å². The topological polar surface area (TPSA) is 0 Å². The first-order valence-electron chi connectivity index (χ1n) is 5.84. The number of benzene rings is 2. The molecule has 0 spiro atoms. The minimum atomic E-state index is -2.51. The van der Waals surface area contributed by atoms with Crippen LogP contribution < -0.4 is 0 Å². The van der Waals surface area contributed by atoms with Crippen LogP contribution in [0.15, 0.2) is 54.6 Å². The zero-order valence-corrected chi connectivity index (χ0v) is 11.9. The fraction of sp³-hybridized carbons (Fsp3) is 0.200. The standard InChI is InChI=1S/C15H10F3I/c16-13-14(17,15(13,18)19)12-8-6-11(7-9-12)10-4-2-1-3-5-10/h1-9,13H/t13-,14+,15-/m0/s1. The summed E-state index contributed by atoms with van der Waals surface area (Å²) in [7, 11) is 0. The summed E-state index contributed by atoms with van der Waals surface area (Å²) < 4.78 is 38.6. The molecule has 0 N–H and O–H groups in total. The third kappa shape index (κ3) is 1.80. The summed E-state index contributed by atoms with van der Waals surface area (Å²) >= 11 is 1.20. The molecule has 2 aromatic rings. The second-order valence-electron chi connectivity index (χ2n) is 4.64. The molecule has 0 radical (unpaired) electrons. The van der Waals surface area contributed by atoms with E-state index in [1.807, 2.05) is 30.3 Å². The minimum absolute atomic E-state index is 0.0524. The van der Waals surface area contributed by atoms with Crippen molar-refractivity contribution in [2.75, 3.05) is 0 Å². The third-order valence-electron chi connectivity index (χ3n) is 3.48. The molecule has 0 amide bonds. The van der Waals surface area contributed by atoms with Gasteiger partial charge in [-0.3, -0.25) is 0 Å². The highest BCUT2D eigenvalue weighted by Gasteiger charge is 2.82. The Morgan fingerprint density at radius 2 is 1.32 bits per heavy atom. The van der Waals surface area contributed by atoms with Gasteiger partial charge in [-0.1, -0.05) is 54.6 Å². The van der Waals surface area contributed by atoms with Crippen LogP contribution in [0.3, 0.4) is 0 Å². The fourth-order valence-electron chi connectivity index (χ4n) is 2.21. The number of halogens is 4. The van der Waals surface area contributed by atoms with Crippen molar-refractivity contribution < 1.29 is 13.2 Å². The van der Waals surface area contributed by atoms with Crippen LogP contribution in [0.1, 0.15) is 5.56 Å². The molecule has 3 atom stereocenters. The Morgan fingerprint density at radius 1 is 0.842 bits per heavy atom. The van der Waals surface area contributed by atoms with Crippen molar-refractivity contribution in [1.82, 2.24) is 0 Å². The first-order chi connectivity index (χ1) is 8.98. The van der Waals surface area contributed by atoms with E-state index < -0.39 is 15.5 Å². The van der Waals surface area contributed by atoms with E-state index in [9.17, 15) is 13.2 Å². The highest BCUT2D eigenvalue weighted by Crippen LogP contribution is 2.67. The van der Waals surface area contributed by atoms with Crippen molar-refractivity contribution >= 4 is 22.6 Å². The van der Waals surface area contributed by atoms with E-state index in [1.54, 1.807) is 12.1 Å². The van der Waals surface area contributed by atoms with Crippen LogP contribution in [0, 0.1) is 0 Å². The van der Waals surface area contributed by atoms with Gasteiger partial charge in [-0.15, -0.1) is 0 Å². The van der Waals surface area contributed by atoms with E-state index in [4.69, 9.17) is 0 Å². The van der Waals surface area contributed by atoms with Gasteiger partial charge in [-0.2, -0.15) is 0 Å². The third-order valence-corrected chi connectivity index (χ3v) is 4.81. The molecule has 98 valence electrons. The molecule has 0 saturated heterocycles. The first kappa shape index (κ1) is 13.0. The average Bonchev–Trinajstić information content (AvgIpc) is 2.85. The van der Waals surface area contributed by atoms with E-state index in [2.05, 4.69) is 0 Å². The maximum Gasteiger partial charge on any atom is 0.236 e. The fourth-order valence-corrected chi connectivity index (χ4v) is 3.07. The van der Waals surface area contributed by atoms with Crippen molar-refractivity contribution in [1.29, 1.82) is 0 Å². The predicted molar refractivity (Wildman–Crippen MR) is 77.4 cm³/mol. The lowest BCUT2D eigenvalue weighted by Crippen LogP contribution is -2.08. The Bertz CT molecular complexity index is 595. The molecule has 3 rings (SSSR count). The summed E-state index contributed by atoms with van der Waals surface area (Å²) in [4.78, 5) is 0. The smallest absolute Gasteiger partial charge is 0.236 e. The van der Waals surface area contributed by atoms with Crippen molar-refractivity contribution in [2.45, 2.75) is 15.5 Å². The first-order valence-corrected chi connectivity index (χ1v) is 6.92. The summed E-state index contributed by atoms with van der Waals surface area (Å²) in [6, 6.07) is 15.8. The zero-order valence-electron chi connectivity index (χ0n) is 9.79. The Hall–Kier alpha value is -1.04.